The molecule has 1 atom stereocenters. The zero-order valence-corrected chi connectivity index (χ0v) is 9.88. The van der Waals surface area contributed by atoms with Crippen LogP contribution in [0.2, 0.25) is 0 Å². The second-order valence-electron chi connectivity index (χ2n) is 3.85. The molecule has 0 aliphatic carbocycles. The summed E-state index contributed by atoms with van der Waals surface area (Å²) in [7, 11) is 0. The van der Waals surface area contributed by atoms with Crippen LogP contribution in [0.1, 0.15) is 23.7 Å². The molecule has 0 aliphatic heterocycles. The third kappa shape index (κ3) is 2.20. The number of primary amides is 1. The lowest BCUT2D eigenvalue weighted by atomic mass is 10.2. The Kier molecular flexibility index (Phi) is 3.32. The summed E-state index contributed by atoms with van der Waals surface area (Å²) in [5, 5.41) is 0.654. The third-order valence-electron chi connectivity index (χ3n) is 2.64. The number of benzene rings is 1. The van der Waals surface area contributed by atoms with E-state index in [0.29, 0.717) is 23.0 Å². The van der Waals surface area contributed by atoms with Crippen LogP contribution in [-0.4, -0.2) is 18.0 Å². The number of hydrogen-bond acceptors (Lipinski definition) is 4. The van der Waals surface area contributed by atoms with Crippen molar-refractivity contribution in [2.45, 2.75) is 19.4 Å². The number of fused-ring (bicyclic) bond motifs is 1. The van der Waals surface area contributed by atoms with Crippen molar-refractivity contribution in [1.29, 1.82) is 0 Å². The Bertz CT molecular complexity index is 587. The topological polar surface area (TPSA) is 82.5 Å². The summed E-state index contributed by atoms with van der Waals surface area (Å²) in [5.41, 5.74) is 6.01. The maximum atomic E-state index is 11.9. The van der Waals surface area contributed by atoms with Gasteiger partial charge in [-0.15, -0.1) is 0 Å². The first-order chi connectivity index (χ1) is 8.63. The van der Waals surface area contributed by atoms with E-state index < -0.39 is 18.0 Å². The Morgan fingerprint density at radius 2 is 2.11 bits per heavy atom. The second-order valence-corrected chi connectivity index (χ2v) is 3.85. The molecule has 1 aromatic heterocycles. The molecular weight excluding hydrogens is 234 g/mol. The third-order valence-corrected chi connectivity index (χ3v) is 2.64. The number of para-hydroxylation sites is 1. The molecule has 0 radical (unpaired) electrons. The Hall–Kier alpha value is -2.30. The molecule has 2 rings (SSSR count). The van der Waals surface area contributed by atoms with Gasteiger partial charge in [0.1, 0.15) is 17.4 Å². The molecule has 0 spiro atoms. The van der Waals surface area contributed by atoms with Crippen LogP contribution in [0, 0.1) is 0 Å². The Morgan fingerprint density at radius 3 is 2.78 bits per heavy atom. The first-order valence-corrected chi connectivity index (χ1v) is 5.60. The highest BCUT2D eigenvalue weighted by Gasteiger charge is 2.21. The second kappa shape index (κ2) is 4.91. The van der Waals surface area contributed by atoms with Gasteiger partial charge in [-0.05, 0) is 12.5 Å². The van der Waals surface area contributed by atoms with Gasteiger partial charge in [-0.25, -0.2) is 4.79 Å². The van der Waals surface area contributed by atoms with E-state index in [2.05, 4.69) is 0 Å². The normalized spacial score (nSPS) is 12.3. The minimum Gasteiger partial charge on any atom is -0.463 e. The summed E-state index contributed by atoms with van der Waals surface area (Å²) >= 11 is 0. The van der Waals surface area contributed by atoms with Gasteiger partial charge in [-0.2, -0.15) is 0 Å². The molecule has 1 amide bonds. The molecular formula is C13H13NO4. The molecule has 18 heavy (non-hydrogen) atoms. The maximum Gasteiger partial charge on any atom is 0.342 e. The molecule has 1 aromatic carbocycles. The largest absolute Gasteiger partial charge is 0.463 e. The van der Waals surface area contributed by atoms with Crippen molar-refractivity contribution in [3.63, 3.8) is 0 Å². The van der Waals surface area contributed by atoms with Crippen molar-refractivity contribution in [3.05, 3.63) is 36.1 Å². The number of carbonyl (C=O) groups is 2. The number of esters is 1. The summed E-state index contributed by atoms with van der Waals surface area (Å²) < 4.78 is 10.3. The average molecular weight is 247 g/mol. The number of nitrogens with two attached hydrogens (primary N) is 1. The molecule has 0 fully saturated rings. The fraction of sp³-hybridized carbons (Fsp3) is 0.231. The van der Waals surface area contributed by atoms with E-state index in [0.717, 1.165) is 0 Å². The van der Waals surface area contributed by atoms with Crippen LogP contribution in [0.3, 0.4) is 0 Å². The van der Waals surface area contributed by atoms with E-state index in [1.165, 1.54) is 6.26 Å². The van der Waals surface area contributed by atoms with Gasteiger partial charge in [0.15, 0.2) is 6.10 Å². The molecule has 0 bridgehead atoms. The van der Waals surface area contributed by atoms with Crippen molar-refractivity contribution in [3.8, 4) is 0 Å². The van der Waals surface area contributed by atoms with Crippen molar-refractivity contribution < 1.29 is 18.7 Å². The molecule has 2 aromatic rings. The van der Waals surface area contributed by atoms with Gasteiger partial charge in [-0.1, -0.05) is 25.1 Å². The first-order valence-electron chi connectivity index (χ1n) is 5.60. The molecule has 5 nitrogen and oxygen atoms in total. The van der Waals surface area contributed by atoms with E-state index in [1.807, 2.05) is 0 Å². The molecule has 2 N–H and O–H groups in total. The number of hydrogen-bond donors (Lipinski definition) is 1. The maximum absolute atomic E-state index is 11.9. The van der Waals surface area contributed by atoms with Gasteiger partial charge < -0.3 is 14.9 Å². The van der Waals surface area contributed by atoms with Crippen LogP contribution >= 0.6 is 0 Å². The SMILES string of the molecule is CC[C@@H](OC(=O)c1coc2ccccc12)C(N)=O. The quantitative estimate of drug-likeness (QED) is 0.836. The van der Waals surface area contributed by atoms with E-state index in [1.54, 1.807) is 31.2 Å². The van der Waals surface area contributed by atoms with Crippen LogP contribution in [0.5, 0.6) is 0 Å². The minimum absolute atomic E-state index is 0.297. The number of furan rings is 1. The summed E-state index contributed by atoms with van der Waals surface area (Å²) in [5.74, 6) is -1.26. The van der Waals surface area contributed by atoms with Crippen molar-refractivity contribution in [2.75, 3.05) is 0 Å². The van der Waals surface area contributed by atoms with Crippen molar-refractivity contribution in [1.82, 2.24) is 0 Å². The van der Waals surface area contributed by atoms with Gasteiger partial charge in [0, 0.05) is 5.39 Å². The van der Waals surface area contributed by atoms with Gasteiger partial charge in [0.2, 0.25) is 0 Å². The summed E-state index contributed by atoms with van der Waals surface area (Å²) in [6.45, 7) is 1.72. The van der Waals surface area contributed by atoms with Crippen LogP contribution in [-0.2, 0) is 9.53 Å². The van der Waals surface area contributed by atoms with Crippen LogP contribution in [0.4, 0.5) is 0 Å². The zero-order valence-electron chi connectivity index (χ0n) is 9.88. The smallest absolute Gasteiger partial charge is 0.342 e. The molecule has 0 saturated heterocycles. The lowest BCUT2D eigenvalue weighted by Gasteiger charge is -2.11. The van der Waals surface area contributed by atoms with E-state index in [4.69, 9.17) is 14.9 Å². The number of ether oxygens (including phenoxy) is 1. The number of amides is 1. The number of rotatable bonds is 4. The fourth-order valence-electron chi connectivity index (χ4n) is 1.67. The predicted molar refractivity (Wildman–Crippen MR) is 64.9 cm³/mol. The molecule has 0 unspecified atom stereocenters. The fourth-order valence-corrected chi connectivity index (χ4v) is 1.67. The number of carbonyl (C=O) groups excluding carboxylic acids is 2. The first kappa shape index (κ1) is 12.2. The van der Waals surface area contributed by atoms with Gasteiger partial charge in [-0.3, -0.25) is 4.79 Å². The summed E-state index contributed by atoms with van der Waals surface area (Å²) in [4.78, 5) is 22.9. The predicted octanol–water partition coefficient (Wildman–Crippen LogP) is 1.85. The lowest BCUT2D eigenvalue weighted by molar-refractivity contribution is -0.126. The molecule has 0 aliphatic rings. The molecule has 94 valence electrons. The van der Waals surface area contributed by atoms with Crippen molar-refractivity contribution >= 4 is 22.8 Å². The monoisotopic (exact) mass is 247 g/mol. The Balaban J connectivity index is 2.26. The average Bonchev–Trinajstić information content (AvgIpc) is 2.79. The van der Waals surface area contributed by atoms with Crippen LogP contribution < -0.4 is 5.73 Å². The van der Waals surface area contributed by atoms with Crippen molar-refractivity contribution in [2.24, 2.45) is 5.73 Å². The minimum atomic E-state index is -0.911. The molecule has 5 heteroatoms. The highest BCUT2D eigenvalue weighted by Crippen LogP contribution is 2.21. The Morgan fingerprint density at radius 1 is 1.39 bits per heavy atom. The molecule has 0 saturated carbocycles. The van der Waals surface area contributed by atoms with Gasteiger partial charge in [0.05, 0.1) is 0 Å². The van der Waals surface area contributed by atoms with Gasteiger partial charge >= 0.3 is 5.97 Å². The summed E-state index contributed by atoms with van der Waals surface area (Å²) in [6.07, 6.45) is 0.753. The van der Waals surface area contributed by atoms with E-state index in [-0.39, 0.29) is 0 Å². The van der Waals surface area contributed by atoms with Crippen LogP contribution in [0.25, 0.3) is 11.0 Å². The Labute approximate surface area is 104 Å². The highest BCUT2D eigenvalue weighted by molar-refractivity contribution is 6.03. The van der Waals surface area contributed by atoms with E-state index in [9.17, 15) is 9.59 Å². The van der Waals surface area contributed by atoms with E-state index >= 15 is 0 Å². The highest BCUT2D eigenvalue weighted by atomic mass is 16.5. The standard InChI is InChI=1S/C13H13NO4/c1-2-10(12(14)15)18-13(16)9-7-17-11-6-4-3-5-8(9)11/h3-7,10H,2H2,1H3,(H2,14,15)/t10-/m1/s1. The summed E-state index contributed by atoms with van der Waals surface area (Å²) in [6, 6.07) is 7.09. The van der Waals surface area contributed by atoms with Crippen LogP contribution in [0.15, 0.2) is 34.9 Å². The lowest BCUT2D eigenvalue weighted by Crippen LogP contribution is -2.32. The zero-order chi connectivity index (χ0) is 13.1. The van der Waals surface area contributed by atoms with Gasteiger partial charge in [0.25, 0.3) is 5.91 Å². The molecule has 1 heterocycles.